The number of rotatable bonds is 2. The molecule has 3 N–H and O–H groups in total. The summed E-state index contributed by atoms with van der Waals surface area (Å²) in [6.07, 6.45) is 14.9. The molecule has 2 aliphatic carbocycles. The Kier molecular flexibility index (Phi) is 3.48. The van der Waals surface area contributed by atoms with E-state index in [1.807, 2.05) is 18.2 Å². The van der Waals surface area contributed by atoms with Gasteiger partial charge < -0.3 is 10.7 Å². The summed E-state index contributed by atoms with van der Waals surface area (Å²) in [6.45, 7) is 0. The molecule has 0 spiro atoms. The van der Waals surface area contributed by atoms with E-state index in [1.54, 1.807) is 0 Å². The first-order valence-corrected chi connectivity index (χ1v) is 8.22. The van der Waals surface area contributed by atoms with Crippen LogP contribution in [0.2, 0.25) is 0 Å². The van der Waals surface area contributed by atoms with Crippen molar-refractivity contribution in [2.45, 2.75) is 32.1 Å². The number of H-pyrrole nitrogens is 1. The van der Waals surface area contributed by atoms with Crippen LogP contribution in [0.4, 0.5) is 0 Å². The highest BCUT2D eigenvalue weighted by Gasteiger charge is 2.31. The summed E-state index contributed by atoms with van der Waals surface area (Å²) in [5.74, 6) is 0.992. The van der Waals surface area contributed by atoms with Crippen LogP contribution in [0.5, 0.6) is 0 Å². The fourth-order valence-corrected chi connectivity index (χ4v) is 3.56. The predicted molar refractivity (Wildman–Crippen MR) is 90.2 cm³/mol. The molecule has 5 heteroatoms. The Labute approximate surface area is 134 Å². The SMILES string of the molecule is NC1=N/C(=C\Cc2nc3c([nH]c2=O)CCCC3)C2C=CC=CC12. The Hall–Kier alpha value is -2.43. The van der Waals surface area contributed by atoms with Crippen LogP contribution in [0.1, 0.15) is 29.9 Å². The van der Waals surface area contributed by atoms with Crippen molar-refractivity contribution in [3.63, 3.8) is 0 Å². The van der Waals surface area contributed by atoms with Crippen LogP contribution >= 0.6 is 0 Å². The number of aryl methyl sites for hydroxylation is 2. The van der Waals surface area contributed by atoms with Crippen molar-refractivity contribution >= 4 is 5.84 Å². The van der Waals surface area contributed by atoms with E-state index in [0.29, 0.717) is 18.0 Å². The first-order chi connectivity index (χ1) is 11.2. The molecule has 0 fully saturated rings. The summed E-state index contributed by atoms with van der Waals surface area (Å²) in [5, 5.41) is 0. The molecule has 3 aliphatic rings. The normalized spacial score (nSPS) is 27.0. The number of amidine groups is 1. The highest BCUT2D eigenvalue weighted by Crippen LogP contribution is 2.33. The number of allylic oxidation sites excluding steroid dienone is 4. The Morgan fingerprint density at radius 1 is 1.22 bits per heavy atom. The van der Waals surface area contributed by atoms with Crippen LogP contribution in [-0.2, 0) is 19.3 Å². The first-order valence-electron chi connectivity index (χ1n) is 8.22. The van der Waals surface area contributed by atoms with Crippen LogP contribution in [0.25, 0.3) is 0 Å². The molecule has 1 aromatic rings. The fraction of sp³-hybridized carbons (Fsp3) is 0.389. The van der Waals surface area contributed by atoms with Gasteiger partial charge in [0, 0.05) is 29.6 Å². The number of nitrogens with two attached hydrogens (primary N) is 1. The molecular formula is C18H20N4O. The zero-order valence-corrected chi connectivity index (χ0v) is 13.0. The molecule has 0 radical (unpaired) electrons. The van der Waals surface area contributed by atoms with E-state index >= 15 is 0 Å². The molecule has 0 bridgehead atoms. The third kappa shape index (κ3) is 2.56. The van der Waals surface area contributed by atoms with Gasteiger partial charge in [0.15, 0.2) is 0 Å². The zero-order valence-electron chi connectivity index (χ0n) is 13.0. The minimum Gasteiger partial charge on any atom is -0.387 e. The number of hydrogen-bond acceptors (Lipinski definition) is 4. The summed E-state index contributed by atoms with van der Waals surface area (Å²) in [6, 6.07) is 0. The molecule has 0 amide bonds. The number of aliphatic imine (C=N–C) groups is 1. The number of aromatic nitrogens is 2. The molecule has 1 aliphatic heterocycles. The third-order valence-corrected chi connectivity index (χ3v) is 4.82. The van der Waals surface area contributed by atoms with E-state index in [2.05, 4.69) is 27.1 Å². The Bertz CT molecular complexity index is 813. The number of nitrogens with zero attached hydrogens (tertiary/aromatic N) is 2. The average molecular weight is 308 g/mol. The van der Waals surface area contributed by atoms with Crippen LogP contribution < -0.4 is 11.3 Å². The second-order valence-electron chi connectivity index (χ2n) is 6.34. The molecule has 2 atom stereocenters. The van der Waals surface area contributed by atoms with Gasteiger partial charge in [0.2, 0.25) is 0 Å². The topological polar surface area (TPSA) is 84.1 Å². The molecule has 4 rings (SSSR count). The predicted octanol–water partition coefficient (Wildman–Crippen LogP) is 1.80. The zero-order chi connectivity index (χ0) is 15.8. The van der Waals surface area contributed by atoms with E-state index < -0.39 is 0 Å². The molecule has 0 aromatic carbocycles. The van der Waals surface area contributed by atoms with Crippen LogP contribution in [-0.4, -0.2) is 15.8 Å². The van der Waals surface area contributed by atoms with E-state index in [4.69, 9.17) is 5.73 Å². The largest absolute Gasteiger partial charge is 0.387 e. The maximum Gasteiger partial charge on any atom is 0.270 e. The first kappa shape index (κ1) is 14.2. The highest BCUT2D eigenvalue weighted by molar-refractivity contribution is 5.89. The van der Waals surface area contributed by atoms with Crippen molar-refractivity contribution in [3.8, 4) is 0 Å². The van der Waals surface area contributed by atoms with Crippen LogP contribution in [0, 0.1) is 11.8 Å². The minimum atomic E-state index is -0.0759. The molecule has 2 unspecified atom stereocenters. The smallest absolute Gasteiger partial charge is 0.270 e. The average Bonchev–Trinajstić information content (AvgIpc) is 2.89. The molecule has 118 valence electrons. The molecular weight excluding hydrogens is 288 g/mol. The summed E-state index contributed by atoms with van der Waals surface area (Å²) in [5.41, 5.74) is 9.51. The number of hydrogen-bond donors (Lipinski definition) is 2. The van der Waals surface area contributed by atoms with E-state index in [1.165, 1.54) is 0 Å². The third-order valence-electron chi connectivity index (χ3n) is 4.82. The van der Waals surface area contributed by atoms with Crippen molar-refractivity contribution in [1.82, 2.24) is 9.97 Å². The Balaban J connectivity index is 1.61. The number of fused-ring (bicyclic) bond motifs is 2. The lowest BCUT2D eigenvalue weighted by molar-refractivity contribution is 0.639. The van der Waals surface area contributed by atoms with Gasteiger partial charge in [-0.2, -0.15) is 0 Å². The minimum absolute atomic E-state index is 0.0759. The van der Waals surface area contributed by atoms with Gasteiger partial charge in [-0.1, -0.05) is 30.4 Å². The summed E-state index contributed by atoms with van der Waals surface area (Å²) in [7, 11) is 0. The lowest BCUT2D eigenvalue weighted by Crippen LogP contribution is -2.23. The monoisotopic (exact) mass is 308 g/mol. The quantitative estimate of drug-likeness (QED) is 0.874. The van der Waals surface area contributed by atoms with Crippen molar-refractivity contribution in [2.75, 3.05) is 0 Å². The fourth-order valence-electron chi connectivity index (χ4n) is 3.56. The van der Waals surface area contributed by atoms with Gasteiger partial charge in [-0.05, 0) is 25.7 Å². The standard InChI is InChI=1S/C18H20N4O/c19-17-12-6-2-1-5-11(12)13(21-17)9-10-16-18(23)22-15-8-4-3-7-14(15)20-16/h1-2,5-6,9,11-12H,3-4,7-8,10H2,(H2,19,21)(H,22,23)/b13-9-. The van der Waals surface area contributed by atoms with Gasteiger partial charge >= 0.3 is 0 Å². The number of aromatic amines is 1. The van der Waals surface area contributed by atoms with Gasteiger partial charge in [0.05, 0.1) is 5.69 Å². The summed E-state index contributed by atoms with van der Waals surface area (Å²) >= 11 is 0. The maximum absolute atomic E-state index is 12.2. The second-order valence-corrected chi connectivity index (χ2v) is 6.34. The van der Waals surface area contributed by atoms with Gasteiger partial charge in [-0.25, -0.2) is 9.98 Å². The molecule has 1 aromatic heterocycles. The van der Waals surface area contributed by atoms with Gasteiger partial charge in [-0.15, -0.1) is 0 Å². The lowest BCUT2D eigenvalue weighted by Gasteiger charge is -2.16. The highest BCUT2D eigenvalue weighted by atomic mass is 16.1. The van der Waals surface area contributed by atoms with Crippen LogP contribution in [0.3, 0.4) is 0 Å². The van der Waals surface area contributed by atoms with E-state index in [-0.39, 0.29) is 17.4 Å². The Morgan fingerprint density at radius 3 is 2.87 bits per heavy atom. The molecule has 0 saturated heterocycles. The van der Waals surface area contributed by atoms with E-state index in [9.17, 15) is 4.79 Å². The molecule has 0 saturated carbocycles. The Morgan fingerprint density at radius 2 is 2.00 bits per heavy atom. The van der Waals surface area contributed by atoms with Crippen molar-refractivity contribution in [1.29, 1.82) is 0 Å². The molecule has 2 heterocycles. The number of nitrogens with one attached hydrogen (secondary N) is 1. The van der Waals surface area contributed by atoms with Gasteiger partial charge in [0.25, 0.3) is 5.56 Å². The van der Waals surface area contributed by atoms with Gasteiger partial charge in [0.1, 0.15) is 11.5 Å². The summed E-state index contributed by atoms with van der Waals surface area (Å²) < 4.78 is 0. The van der Waals surface area contributed by atoms with Crippen molar-refractivity contribution in [2.24, 2.45) is 22.6 Å². The van der Waals surface area contributed by atoms with E-state index in [0.717, 1.165) is 42.8 Å². The van der Waals surface area contributed by atoms with Crippen molar-refractivity contribution < 1.29 is 0 Å². The molecule has 5 nitrogen and oxygen atoms in total. The molecule has 23 heavy (non-hydrogen) atoms. The maximum atomic E-state index is 12.2. The lowest BCUT2D eigenvalue weighted by atomic mass is 9.88. The summed E-state index contributed by atoms with van der Waals surface area (Å²) in [4.78, 5) is 24.3. The second kappa shape index (κ2) is 5.65. The van der Waals surface area contributed by atoms with Crippen molar-refractivity contribution in [3.05, 3.63) is 63.5 Å². The van der Waals surface area contributed by atoms with Crippen LogP contribution in [0.15, 0.2) is 45.9 Å². The van der Waals surface area contributed by atoms with Gasteiger partial charge in [-0.3, -0.25) is 4.79 Å².